The van der Waals surface area contributed by atoms with Crippen molar-refractivity contribution in [3.63, 3.8) is 0 Å². The number of hydrogen-bond donors (Lipinski definition) is 1. The van der Waals surface area contributed by atoms with Crippen molar-refractivity contribution in [3.8, 4) is 0 Å². The third-order valence-electron chi connectivity index (χ3n) is 4.14. The molecule has 0 unspecified atom stereocenters. The van der Waals surface area contributed by atoms with Crippen LogP contribution in [-0.2, 0) is 13.1 Å². The lowest BCUT2D eigenvalue weighted by Crippen LogP contribution is -2.28. The van der Waals surface area contributed by atoms with Crippen LogP contribution in [0.3, 0.4) is 0 Å². The van der Waals surface area contributed by atoms with Gasteiger partial charge in [-0.1, -0.05) is 19.8 Å². The minimum absolute atomic E-state index is 0.757. The Bertz CT molecular complexity index is 380. The van der Waals surface area contributed by atoms with Gasteiger partial charge >= 0.3 is 0 Å². The molecule has 1 heterocycles. The van der Waals surface area contributed by atoms with Crippen molar-refractivity contribution in [1.29, 1.82) is 0 Å². The summed E-state index contributed by atoms with van der Waals surface area (Å²) in [5, 5.41) is 3.41. The average Bonchev–Trinajstić information content (AvgIpc) is 3.00. The number of nitrogens with one attached hydrogen (secondary N) is 1. The van der Waals surface area contributed by atoms with E-state index in [9.17, 15) is 0 Å². The standard InChI is InChI=1S/C16H28N2O/c1-4-9-17-11-16-13(2)10-15(19-16)12-18(3)14-7-5-6-8-14/h10,14,17H,4-9,11-12H2,1-3H3. The lowest BCUT2D eigenvalue weighted by atomic mass is 10.2. The van der Waals surface area contributed by atoms with Crippen molar-refractivity contribution in [2.75, 3.05) is 13.6 Å². The highest BCUT2D eigenvalue weighted by Crippen LogP contribution is 2.24. The molecule has 0 atom stereocenters. The second kappa shape index (κ2) is 7.11. The topological polar surface area (TPSA) is 28.4 Å². The van der Waals surface area contributed by atoms with E-state index in [0.717, 1.165) is 43.6 Å². The first-order valence-corrected chi connectivity index (χ1v) is 7.70. The summed E-state index contributed by atoms with van der Waals surface area (Å²) in [5.74, 6) is 2.21. The summed E-state index contributed by atoms with van der Waals surface area (Å²) >= 11 is 0. The van der Waals surface area contributed by atoms with Crippen LogP contribution >= 0.6 is 0 Å². The van der Waals surface area contributed by atoms with Crippen LogP contribution in [0.4, 0.5) is 0 Å². The van der Waals surface area contributed by atoms with E-state index in [2.05, 4.69) is 37.2 Å². The second-order valence-electron chi connectivity index (χ2n) is 5.85. The lowest BCUT2D eigenvalue weighted by Gasteiger charge is -2.22. The first-order chi connectivity index (χ1) is 9.20. The van der Waals surface area contributed by atoms with Crippen LogP contribution < -0.4 is 5.32 Å². The normalized spacial score (nSPS) is 16.6. The molecule has 19 heavy (non-hydrogen) atoms. The van der Waals surface area contributed by atoms with Gasteiger partial charge in [-0.25, -0.2) is 0 Å². The molecule has 0 radical (unpaired) electrons. The quantitative estimate of drug-likeness (QED) is 0.764. The third-order valence-corrected chi connectivity index (χ3v) is 4.14. The number of rotatable bonds is 7. The van der Waals surface area contributed by atoms with Gasteiger partial charge in [0.1, 0.15) is 11.5 Å². The highest BCUT2D eigenvalue weighted by molar-refractivity contribution is 5.20. The van der Waals surface area contributed by atoms with Crippen molar-refractivity contribution in [1.82, 2.24) is 10.2 Å². The maximum atomic E-state index is 5.99. The summed E-state index contributed by atoms with van der Waals surface area (Å²) in [6, 6.07) is 2.96. The molecule has 1 aliphatic rings. The van der Waals surface area contributed by atoms with Gasteiger partial charge in [0.25, 0.3) is 0 Å². The van der Waals surface area contributed by atoms with Crippen LogP contribution in [0.2, 0.25) is 0 Å². The van der Waals surface area contributed by atoms with Gasteiger partial charge in [0.05, 0.1) is 13.1 Å². The van der Waals surface area contributed by atoms with E-state index in [-0.39, 0.29) is 0 Å². The van der Waals surface area contributed by atoms with E-state index >= 15 is 0 Å². The van der Waals surface area contributed by atoms with Crippen LogP contribution in [0, 0.1) is 6.92 Å². The Labute approximate surface area is 117 Å². The summed E-state index contributed by atoms with van der Waals surface area (Å²) < 4.78 is 5.99. The van der Waals surface area contributed by atoms with Gasteiger partial charge in [0.15, 0.2) is 0 Å². The molecule has 3 nitrogen and oxygen atoms in total. The Kier molecular flexibility index (Phi) is 5.46. The Morgan fingerprint density at radius 2 is 2.11 bits per heavy atom. The molecular weight excluding hydrogens is 236 g/mol. The van der Waals surface area contributed by atoms with E-state index in [1.165, 1.54) is 31.2 Å². The van der Waals surface area contributed by atoms with Gasteiger partial charge in [-0.15, -0.1) is 0 Å². The van der Waals surface area contributed by atoms with E-state index in [1.54, 1.807) is 0 Å². The minimum atomic E-state index is 0.757. The van der Waals surface area contributed by atoms with Crippen LogP contribution in [0.15, 0.2) is 10.5 Å². The highest BCUT2D eigenvalue weighted by Gasteiger charge is 2.20. The van der Waals surface area contributed by atoms with Gasteiger partial charge in [0, 0.05) is 6.04 Å². The van der Waals surface area contributed by atoms with Gasteiger partial charge in [-0.2, -0.15) is 0 Å². The van der Waals surface area contributed by atoms with Crippen molar-refractivity contribution < 1.29 is 4.42 Å². The molecule has 1 aromatic rings. The molecule has 0 saturated heterocycles. The summed E-state index contributed by atoms with van der Waals surface area (Å²) in [4.78, 5) is 2.45. The predicted molar refractivity (Wildman–Crippen MR) is 79.2 cm³/mol. The van der Waals surface area contributed by atoms with Crippen molar-refractivity contribution in [2.24, 2.45) is 0 Å². The number of aryl methyl sites for hydroxylation is 1. The van der Waals surface area contributed by atoms with Gasteiger partial charge in [-0.05, 0) is 51.4 Å². The van der Waals surface area contributed by atoms with Crippen LogP contribution in [0.25, 0.3) is 0 Å². The Morgan fingerprint density at radius 1 is 1.37 bits per heavy atom. The molecule has 1 aliphatic carbocycles. The van der Waals surface area contributed by atoms with E-state index < -0.39 is 0 Å². The zero-order chi connectivity index (χ0) is 13.7. The molecule has 1 fully saturated rings. The molecule has 108 valence electrons. The minimum Gasteiger partial charge on any atom is -0.463 e. The molecule has 2 rings (SSSR count). The average molecular weight is 264 g/mol. The zero-order valence-electron chi connectivity index (χ0n) is 12.7. The zero-order valence-corrected chi connectivity index (χ0v) is 12.7. The molecule has 1 saturated carbocycles. The van der Waals surface area contributed by atoms with Crippen LogP contribution in [0.1, 0.15) is 56.1 Å². The van der Waals surface area contributed by atoms with Gasteiger partial charge in [0.2, 0.25) is 0 Å². The molecule has 3 heteroatoms. The fraction of sp³-hybridized carbons (Fsp3) is 0.750. The molecular formula is C16H28N2O. The lowest BCUT2D eigenvalue weighted by molar-refractivity contribution is 0.217. The molecule has 0 amide bonds. The van der Waals surface area contributed by atoms with Crippen LogP contribution in [0.5, 0.6) is 0 Å². The SMILES string of the molecule is CCCNCc1oc(CN(C)C2CCCC2)cc1C. The molecule has 1 aromatic heterocycles. The monoisotopic (exact) mass is 264 g/mol. The first-order valence-electron chi connectivity index (χ1n) is 7.70. The van der Waals surface area contributed by atoms with Crippen molar-refractivity contribution in [2.45, 2.75) is 65.1 Å². The fourth-order valence-electron chi connectivity index (χ4n) is 2.94. The Hall–Kier alpha value is -0.800. The summed E-state index contributed by atoms with van der Waals surface area (Å²) in [6.45, 7) is 7.18. The molecule has 0 aliphatic heterocycles. The van der Waals surface area contributed by atoms with Gasteiger partial charge in [-0.3, -0.25) is 4.90 Å². The summed E-state index contributed by atoms with van der Waals surface area (Å²) in [6.07, 6.45) is 6.63. The molecule has 0 spiro atoms. The summed E-state index contributed by atoms with van der Waals surface area (Å²) in [5.41, 5.74) is 1.28. The van der Waals surface area contributed by atoms with E-state index in [4.69, 9.17) is 4.42 Å². The molecule has 0 bridgehead atoms. The van der Waals surface area contributed by atoms with Crippen LogP contribution in [-0.4, -0.2) is 24.5 Å². The Morgan fingerprint density at radius 3 is 2.79 bits per heavy atom. The molecule has 0 aromatic carbocycles. The highest BCUT2D eigenvalue weighted by atomic mass is 16.3. The number of hydrogen-bond acceptors (Lipinski definition) is 3. The largest absolute Gasteiger partial charge is 0.463 e. The van der Waals surface area contributed by atoms with Gasteiger partial charge < -0.3 is 9.73 Å². The second-order valence-corrected chi connectivity index (χ2v) is 5.85. The molecule has 1 N–H and O–H groups in total. The fourth-order valence-corrected chi connectivity index (χ4v) is 2.94. The number of furan rings is 1. The maximum Gasteiger partial charge on any atom is 0.120 e. The first kappa shape index (κ1) is 14.6. The smallest absolute Gasteiger partial charge is 0.120 e. The van der Waals surface area contributed by atoms with Crippen molar-refractivity contribution in [3.05, 3.63) is 23.2 Å². The summed E-state index contributed by atoms with van der Waals surface area (Å²) in [7, 11) is 2.23. The maximum absolute atomic E-state index is 5.99. The Balaban J connectivity index is 1.87. The number of nitrogens with zero attached hydrogens (tertiary/aromatic N) is 1. The van der Waals surface area contributed by atoms with E-state index in [1.807, 2.05) is 0 Å². The van der Waals surface area contributed by atoms with E-state index in [0.29, 0.717) is 0 Å². The third kappa shape index (κ3) is 4.08. The van der Waals surface area contributed by atoms with Crippen molar-refractivity contribution >= 4 is 0 Å². The predicted octanol–water partition coefficient (Wildman–Crippen LogP) is 3.46.